The summed E-state index contributed by atoms with van der Waals surface area (Å²) in [6.07, 6.45) is 4.39. The van der Waals surface area contributed by atoms with E-state index in [-0.39, 0.29) is 49.2 Å². The number of nitrogens with one attached hydrogen (secondary N) is 1. The monoisotopic (exact) mass is 575 g/mol. The van der Waals surface area contributed by atoms with Crippen molar-refractivity contribution in [2.24, 2.45) is 0 Å². The maximum atomic E-state index is 13.4. The van der Waals surface area contributed by atoms with Gasteiger partial charge in [-0.15, -0.1) is 24.8 Å². The fourth-order valence-electron chi connectivity index (χ4n) is 5.24. The van der Waals surface area contributed by atoms with E-state index < -0.39 is 0 Å². The first-order chi connectivity index (χ1) is 18.0. The van der Waals surface area contributed by atoms with Gasteiger partial charge in [-0.3, -0.25) is 9.69 Å². The molecule has 39 heavy (non-hydrogen) atoms. The zero-order valence-corrected chi connectivity index (χ0v) is 24.0. The Morgan fingerprint density at radius 1 is 1.03 bits per heavy atom. The van der Waals surface area contributed by atoms with Crippen molar-refractivity contribution in [1.29, 1.82) is 0 Å². The molecule has 210 valence electrons. The number of hydrogen-bond acceptors (Lipinski definition) is 7. The summed E-state index contributed by atoms with van der Waals surface area (Å²) in [6.45, 7) is 7.24. The van der Waals surface area contributed by atoms with Gasteiger partial charge >= 0.3 is 5.97 Å². The van der Waals surface area contributed by atoms with Crippen LogP contribution in [0.5, 0.6) is 0 Å². The summed E-state index contributed by atoms with van der Waals surface area (Å²) in [5.41, 5.74) is 4.87. The standard InChI is InChI=1S/C29H34FN5O2.2ClH/c1-20-26(19-37-27(36)18-34-15-6-3-7-16-34)32-29(31-24-12-10-23(30)11-13-24)33-28(20)35-17-14-22-8-4-5-9-25(22)21(35)2;;/h4-5,8-13,21H,3,6-7,14-19H2,1-2H3,(H,31,32,33);2*1H. The average molecular weight is 577 g/mol. The maximum Gasteiger partial charge on any atom is 0.320 e. The average Bonchev–Trinajstić information content (AvgIpc) is 2.91. The number of halogens is 3. The van der Waals surface area contributed by atoms with Crippen LogP contribution in [0.3, 0.4) is 0 Å². The normalized spacial score (nSPS) is 16.9. The van der Waals surface area contributed by atoms with E-state index in [0.717, 1.165) is 50.3 Å². The number of likely N-dealkylation sites (tertiary alicyclic amines) is 1. The number of benzene rings is 2. The predicted octanol–water partition coefficient (Wildman–Crippen LogP) is 6.16. The summed E-state index contributed by atoms with van der Waals surface area (Å²) in [4.78, 5) is 26.6. The molecule has 3 aromatic rings. The molecule has 3 heterocycles. The van der Waals surface area contributed by atoms with Gasteiger partial charge in [-0.1, -0.05) is 30.7 Å². The molecule has 1 fully saturated rings. The van der Waals surface area contributed by atoms with Gasteiger partial charge in [-0.2, -0.15) is 4.98 Å². The molecule has 10 heteroatoms. The smallest absolute Gasteiger partial charge is 0.320 e. The van der Waals surface area contributed by atoms with Crippen molar-refractivity contribution in [3.05, 3.63) is 76.7 Å². The molecule has 1 unspecified atom stereocenters. The number of hydrogen-bond donors (Lipinski definition) is 1. The van der Waals surface area contributed by atoms with Crippen LogP contribution in [-0.4, -0.2) is 47.0 Å². The third-order valence-corrected chi connectivity index (χ3v) is 7.36. The van der Waals surface area contributed by atoms with Crippen LogP contribution in [0.2, 0.25) is 0 Å². The highest BCUT2D eigenvalue weighted by Crippen LogP contribution is 2.35. The van der Waals surface area contributed by atoms with E-state index in [1.165, 1.54) is 29.7 Å². The lowest BCUT2D eigenvalue weighted by Gasteiger charge is -2.37. The molecule has 2 aliphatic heterocycles. The van der Waals surface area contributed by atoms with Gasteiger partial charge in [-0.25, -0.2) is 9.37 Å². The maximum absolute atomic E-state index is 13.4. The minimum absolute atomic E-state index is 0. The van der Waals surface area contributed by atoms with E-state index in [9.17, 15) is 9.18 Å². The Bertz CT molecular complexity index is 1250. The number of piperidine rings is 1. The van der Waals surface area contributed by atoms with Crippen molar-refractivity contribution in [2.45, 2.75) is 52.2 Å². The number of carbonyl (C=O) groups is 1. The molecule has 1 aromatic heterocycles. The van der Waals surface area contributed by atoms with Crippen molar-refractivity contribution in [1.82, 2.24) is 14.9 Å². The van der Waals surface area contributed by atoms with Crippen LogP contribution in [-0.2, 0) is 22.6 Å². The summed E-state index contributed by atoms with van der Waals surface area (Å²) in [7, 11) is 0. The summed E-state index contributed by atoms with van der Waals surface area (Å²) < 4.78 is 19.1. The molecule has 0 bridgehead atoms. The Morgan fingerprint density at radius 3 is 2.49 bits per heavy atom. The zero-order chi connectivity index (χ0) is 25.8. The summed E-state index contributed by atoms with van der Waals surface area (Å²) in [5, 5.41) is 3.20. The Hall–Kier alpha value is -2.94. The van der Waals surface area contributed by atoms with E-state index >= 15 is 0 Å². The van der Waals surface area contributed by atoms with E-state index in [4.69, 9.17) is 14.7 Å². The third kappa shape index (κ3) is 7.38. The van der Waals surface area contributed by atoms with Gasteiger partial charge in [0.05, 0.1) is 18.3 Å². The first kappa shape index (κ1) is 30.6. The molecule has 0 spiro atoms. The highest BCUT2D eigenvalue weighted by molar-refractivity contribution is 5.85. The van der Waals surface area contributed by atoms with Gasteiger partial charge in [0.25, 0.3) is 0 Å². The highest BCUT2D eigenvalue weighted by atomic mass is 35.5. The number of anilines is 3. The second-order valence-corrected chi connectivity index (χ2v) is 9.89. The second-order valence-electron chi connectivity index (χ2n) is 9.89. The molecule has 2 aromatic carbocycles. The van der Waals surface area contributed by atoms with E-state index in [1.54, 1.807) is 12.1 Å². The van der Waals surface area contributed by atoms with Crippen LogP contribution in [0.4, 0.5) is 21.8 Å². The minimum atomic E-state index is -0.307. The fourth-order valence-corrected chi connectivity index (χ4v) is 5.24. The molecular weight excluding hydrogens is 540 g/mol. The van der Waals surface area contributed by atoms with Gasteiger partial charge in [-0.05, 0) is 81.6 Å². The van der Waals surface area contributed by atoms with Crippen molar-refractivity contribution in [3.8, 4) is 0 Å². The molecule has 0 radical (unpaired) electrons. The number of fused-ring (bicyclic) bond motifs is 1. The molecule has 5 rings (SSSR count). The Morgan fingerprint density at radius 2 is 1.74 bits per heavy atom. The second kappa shape index (κ2) is 13.9. The van der Waals surface area contributed by atoms with Crippen LogP contribution in [0.1, 0.15) is 54.6 Å². The number of esters is 1. The van der Waals surface area contributed by atoms with Gasteiger partial charge < -0.3 is 15.0 Å². The molecule has 0 saturated carbocycles. The summed E-state index contributed by atoms with van der Waals surface area (Å²) >= 11 is 0. The molecule has 1 saturated heterocycles. The largest absolute Gasteiger partial charge is 0.458 e. The van der Waals surface area contributed by atoms with Crippen molar-refractivity contribution in [3.63, 3.8) is 0 Å². The fraction of sp³-hybridized carbons (Fsp3) is 0.414. The van der Waals surface area contributed by atoms with Crippen molar-refractivity contribution in [2.75, 3.05) is 36.4 Å². The van der Waals surface area contributed by atoms with Gasteiger partial charge in [0, 0.05) is 17.8 Å². The number of nitrogens with zero attached hydrogens (tertiary/aromatic N) is 4. The molecular formula is C29H36Cl2FN5O2. The lowest BCUT2D eigenvalue weighted by atomic mass is 9.93. The first-order valence-electron chi connectivity index (χ1n) is 13.1. The van der Waals surface area contributed by atoms with Crippen molar-refractivity contribution >= 4 is 48.2 Å². The highest BCUT2D eigenvalue weighted by Gasteiger charge is 2.27. The molecule has 0 aliphatic carbocycles. The summed E-state index contributed by atoms with van der Waals surface area (Å²) in [6, 6.07) is 14.7. The predicted molar refractivity (Wildman–Crippen MR) is 157 cm³/mol. The van der Waals surface area contributed by atoms with E-state index in [1.807, 2.05) is 6.92 Å². The third-order valence-electron chi connectivity index (χ3n) is 7.36. The van der Waals surface area contributed by atoms with E-state index in [0.29, 0.717) is 23.9 Å². The van der Waals surface area contributed by atoms with Crippen LogP contribution >= 0.6 is 24.8 Å². The number of aromatic nitrogens is 2. The lowest BCUT2D eigenvalue weighted by Crippen LogP contribution is -2.36. The molecule has 1 atom stereocenters. The van der Waals surface area contributed by atoms with E-state index in [2.05, 4.69) is 46.3 Å². The van der Waals surface area contributed by atoms with Crippen LogP contribution < -0.4 is 10.2 Å². The van der Waals surface area contributed by atoms with Gasteiger partial charge in [0.2, 0.25) is 5.95 Å². The number of rotatable bonds is 7. The zero-order valence-electron chi connectivity index (χ0n) is 22.4. The number of ether oxygens (including phenoxy) is 1. The quantitative estimate of drug-likeness (QED) is 0.338. The topological polar surface area (TPSA) is 70.6 Å². The summed E-state index contributed by atoms with van der Waals surface area (Å²) in [5.74, 6) is 0.650. The first-order valence-corrected chi connectivity index (χ1v) is 13.1. The van der Waals surface area contributed by atoms with Crippen LogP contribution in [0.15, 0.2) is 48.5 Å². The Labute approximate surface area is 242 Å². The number of carbonyl (C=O) groups excluding carboxylic acids is 1. The minimum Gasteiger partial charge on any atom is -0.458 e. The molecule has 2 aliphatic rings. The van der Waals surface area contributed by atoms with Crippen molar-refractivity contribution < 1.29 is 13.9 Å². The van der Waals surface area contributed by atoms with Gasteiger partial charge in [0.15, 0.2) is 0 Å². The molecule has 7 nitrogen and oxygen atoms in total. The van der Waals surface area contributed by atoms with Crippen LogP contribution in [0.25, 0.3) is 0 Å². The van der Waals surface area contributed by atoms with Crippen LogP contribution in [0, 0.1) is 12.7 Å². The SMILES string of the molecule is Cc1c(COC(=O)CN2CCCCC2)nc(Nc2ccc(F)cc2)nc1N1CCc2ccccc2C1C.Cl.Cl. The lowest BCUT2D eigenvalue weighted by molar-refractivity contribution is -0.146. The van der Waals surface area contributed by atoms with Gasteiger partial charge in [0.1, 0.15) is 18.2 Å². The molecule has 0 amide bonds. The Balaban J connectivity index is 0.00000210. The molecule has 1 N–H and O–H groups in total. The Kier molecular flexibility index (Phi) is 10.9.